The van der Waals surface area contributed by atoms with Gasteiger partial charge in [-0.05, 0) is 43.4 Å². The van der Waals surface area contributed by atoms with Crippen LogP contribution in [0.3, 0.4) is 0 Å². The van der Waals surface area contributed by atoms with E-state index in [4.69, 9.17) is 0 Å². The van der Waals surface area contributed by atoms with E-state index >= 15 is 4.39 Å². The van der Waals surface area contributed by atoms with Crippen molar-refractivity contribution in [1.82, 2.24) is 0 Å². The average molecular weight is 380 g/mol. The van der Waals surface area contributed by atoms with Crippen LogP contribution in [-0.4, -0.2) is 37.0 Å². The van der Waals surface area contributed by atoms with Crippen molar-refractivity contribution in [3.8, 4) is 0 Å². The van der Waals surface area contributed by atoms with E-state index in [0.29, 0.717) is 6.42 Å². The number of ether oxygens (including phenoxy) is 2. The van der Waals surface area contributed by atoms with Gasteiger partial charge in [0, 0.05) is 13.0 Å². The lowest BCUT2D eigenvalue weighted by atomic mass is 9.69. The third-order valence-corrected chi connectivity index (χ3v) is 6.08. The monoisotopic (exact) mass is 380 g/mol. The molecule has 0 radical (unpaired) electrons. The summed E-state index contributed by atoms with van der Waals surface area (Å²) >= 11 is 0. The molecule has 0 heterocycles. The summed E-state index contributed by atoms with van der Waals surface area (Å²) in [5.41, 5.74) is -7.13. The highest BCUT2D eigenvalue weighted by molar-refractivity contribution is 5.12. The summed E-state index contributed by atoms with van der Waals surface area (Å²) in [6.45, 7) is 3.63. The highest BCUT2D eigenvalue weighted by Gasteiger charge is 2.76. The lowest BCUT2D eigenvalue weighted by Crippen LogP contribution is -2.63. The first kappa shape index (κ1) is 20.7. The molecule has 0 aromatic carbocycles. The molecule has 0 spiro atoms. The molecule has 25 heavy (non-hydrogen) atoms. The molecule has 2 bridgehead atoms. The number of hydrogen-bond acceptors (Lipinski definition) is 2. The number of fused-ring (bicyclic) bond motifs is 2. The molecule has 2 fully saturated rings. The molecule has 0 aromatic heterocycles. The fraction of sp³-hybridized carbons (Fsp3) is 1.00. The third kappa shape index (κ3) is 3.38. The highest BCUT2D eigenvalue weighted by atomic mass is 19.4. The Kier molecular flexibility index (Phi) is 5.43. The minimum atomic E-state index is -5.81. The van der Waals surface area contributed by atoms with E-state index in [1.165, 1.54) is 6.92 Å². The van der Waals surface area contributed by atoms with Gasteiger partial charge in [-0.15, -0.1) is 0 Å². The first-order valence-corrected chi connectivity index (χ1v) is 8.33. The van der Waals surface area contributed by atoms with Crippen molar-refractivity contribution >= 4 is 0 Å². The second-order valence-corrected chi connectivity index (χ2v) is 7.31. The van der Waals surface area contributed by atoms with Crippen molar-refractivity contribution in [2.75, 3.05) is 13.4 Å². The van der Waals surface area contributed by atoms with E-state index in [0.717, 1.165) is 0 Å². The Bertz CT molecular complexity index is 460. The molecule has 0 N–H and O–H groups in total. The van der Waals surface area contributed by atoms with Gasteiger partial charge in [0.2, 0.25) is 0 Å². The largest absolute Gasteiger partial charge is 0.426 e. The van der Waals surface area contributed by atoms with Crippen LogP contribution in [0.5, 0.6) is 0 Å². The highest BCUT2D eigenvalue weighted by Crippen LogP contribution is 2.63. The van der Waals surface area contributed by atoms with E-state index in [1.54, 1.807) is 6.92 Å². The molecule has 2 aliphatic rings. The minimum absolute atomic E-state index is 0.0874. The Hall–Kier alpha value is -0.570. The van der Waals surface area contributed by atoms with Crippen LogP contribution in [0.25, 0.3) is 0 Å². The lowest BCUT2D eigenvalue weighted by molar-refractivity contribution is -0.402. The molecule has 2 rings (SSSR count). The standard InChI is InChI=1S/C16H23F7O2/c1-4-24-8-25-14(15(18,19)20,16(21,22)23)7-13(17)6-11-5-12(13)10(3)9(11)2/h9-12H,4-8H2,1-3H3. The lowest BCUT2D eigenvalue weighted by Gasteiger charge is -2.44. The fourth-order valence-corrected chi connectivity index (χ4v) is 4.51. The van der Waals surface area contributed by atoms with Gasteiger partial charge in [0.1, 0.15) is 12.5 Å². The van der Waals surface area contributed by atoms with Crippen LogP contribution in [0.15, 0.2) is 0 Å². The topological polar surface area (TPSA) is 18.5 Å². The Labute approximate surface area is 142 Å². The zero-order valence-corrected chi connectivity index (χ0v) is 14.3. The average Bonchev–Trinajstić information content (AvgIpc) is 2.92. The van der Waals surface area contributed by atoms with E-state index in [-0.39, 0.29) is 30.8 Å². The number of halogens is 7. The van der Waals surface area contributed by atoms with Gasteiger partial charge in [-0.3, -0.25) is 0 Å². The van der Waals surface area contributed by atoms with Crippen LogP contribution in [-0.2, 0) is 9.47 Å². The summed E-state index contributed by atoms with van der Waals surface area (Å²) in [5.74, 6) is -1.21. The van der Waals surface area contributed by atoms with E-state index < -0.39 is 42.8 Å². The van der Waals surface area contributed by atoms with Crippen LogP contribution in [0.2, 0.25) is 0 Å². The maximum atomic E-state index is 15.4. The summed E-state index contributed by atoms with van der Waals surface area (Å²) in [6.07, 6.45) is -13.4. The normalized spacial score (nSPS) is 36.2. The Morgan fingerprint density at radius 1 is 1.00 bits per heavy atom. The Balaban J connectivity index is 2.36. The van der Waals surface area contributed by atoms with E-state index in [2.05, 4.69) is 9.47 Å². The first-order chi connectivity index (χ1) is 11.3. The molecule has 0 aliphatic heterocycles. The SMILES string of the molecule is CCOCOC(CC1(F)CC2CC1C(C)C2C)(C(F)(F)F)C(F)(F)F. The van der Waals surface area contributed by atoms with Crippen molar-refractivity contribution in [3.63, 3.8) is 0 Å². The molecule has 9 heteroatoms. The van der Waals surface area contributed by atoms with Gasteiger partial charge in [0.05, 0.1) is 0 Å². The Morgan fingerprint density at radius 2 is 1.56 bits per heavy atom. The van der Waals surface area contributed by atoms with Crippen molar-refractivity contribution in [2.45, 2.75) is 63.7 Å². The molecular weight excluding hydrogens is 357 g/mol. The quantitative estimate of drug-likeness (QED) is 0.355. The summed E-state index contributed by atoms with van der Waals surface area (Å²) in [4.78, 5) is 0. The molecule has 2 aliphatic carbocycles. The first-order valence-electron chi connectivity index (χ1n) is 8.33. The molecule has 0 amide bonds. The van der Waals surface area contributed by atoms with Gasteiger partial charge in [0.25, 0.3) is 5.60 Å². The molecular formula is C16H23F7O2. The summed E-state index contributed by atoms with van der Waals surface area (Å²) < 4.78 is 105. The van der Waals surface area contributed by atoms with Gasteiger partial charge < -0.3 is 9.47 Å². The van der Waals surface area contributed by atoms with Gasteiger partial charge in [0.15, 0.2) is 0 Å². The van der Waals surface area contributed by atoms with Gasteiger partial charge in [-0.25, -0.2) is 4.39 Å². The van der Waals surface area contributed by atoms with Crippen LogP contribution >= 0.6 is 0 Å². The smallest absolute Gasteiger partial charge is 0.356 e. The van der Waals surface area contributed by atoms with Gasteiger partial charge >= 0.3 is 12.4 Å². The molecule has 2 nitrogen and oxygen atoms in total. The molecule has 5 atom stereocenters. The second-order valence-electron chi connectivity index (χ2n) is 7.31. The Morgan fingerprint density at radius 3 is 1.96 bits per heavy atom. The maximum absolute atomic E-state index is 15.4. The molecule has 2 saturated carbocycles. The number of alkyl halides is 7. The third-order valence-electron chi connectivity index (χ3n) is 6.08. The van der Waals surface area contributed by atoms with Crippen LogP contribution in [0, 0.1) is 23.7 Å². The summed E-state index contributed by atoms with van der Waals surface area (Å²) in [6, 6.07) is 0. The van der Waals surface area contributed by atoms with Crippen molar-refractivity contribution < 1.29 is 40.2 Å². The van der Waals surface area contributed by atoms with Gasteiger partial charge in [-0.1, -0.05) is 13.8 Å². The predicted molar refractivity (Wildman–Crippen MR) is 75.4 cm³/mol. The summed E-state index contributed by atoms with van der Waals surface area (Å²) in [7, 11) is 0. The van der Waals surface area contributed by atoms with E-state index in [9.17, 15) is 26.3 Å². The number of hydrogen-bond donors (Lipinski definition) is 0. The summed E-state index contributed by atoms with van der Waals surface area (Å²) in [5, 5.41) is 0. The molecule has 148 valence electrons. The predicted octanol–water partition coefficient (Wildman–Crippen LogP) is 5.27. The van der Waals surface area contributed by atoms with Crippen molar-refractivity contribution in [3.05, 3.63) is 0 Å². The maximum Gasteiger partial charge on any atom is 0.426 e. The van der Waals surface area contributed by atoms with Crippen LogP contribution < -0.4 is 0 Å². The van der Waals surface area contributed by atoms with Crippen LogP contribution in [0.1, 0.15) is 40.0 Å². The second kappa shape index (κ2) is 6.55. The van der Waals surface area contributed by atoms with Crippen molar-refractivity contribution in [2.24, 2.45) is 23.7 Å². The zero-order valence-electron chi connectivity index (χ0n) is 14.3. The van der Waals surface area contributed by atoms with Crippen LogP contribution in [0.4, 0.5) is 30.7 Å². The fourth-order valence-electron chi connectivity index (χ4n) is 4.51. The van der Waals surface area contributed by atoms with Crippen molar-refractivity contribution in [1.29, 1.82) is 0 Å². The molecule has 0 saturated heterocycles. The minimum Gasteiger partial charge on any atom is -0.356 e. The molecule has 5 unspecified atom stereocenters. The molecule has 0 aromatic rings. The van der Waals surface area contributed by atoms with E-state index in [1.807, 2.05) is 6.92 Å². The number of rotatable bonds is 6. The zero-order chi connectivity index (χ0) is 19.3. The van der Waals surface area contributed by atoms with Gasteiger partial charge in [-0.2, -0.15) is 26.3 Å².